The first-order chi connectivity index (χ1) is 5.71. The number of Topliss-reactive ketones (excluding diaryl/α,β-unsaturated/α-hetero) is 1. The zero-order chi connectivity index (χ0) is 8.60. The van der Waals surface area contributed by atoms with Gasteiger partial charge in [0.15, 0.2) is 0 Å². The SMILES string of the molecule is CC1(C2CCC2)CC(=O)CCN1.Cl. The second kappa shape index (κ2) is 3.97. The molecule has 76 valence electrons. The highest BCUT2D eigenvalue weighted by atomic mass is 35.5. The summed E-state index contributed by atoms with van der Waals surface area (Å²) in [6, 6.07) is 0. The normalized spacial score (nSPS) is 35.0. The van der Waals surface area contributed by atoms with Crippen molar-refractivity contribution in [2.45, 2.75) is 44.6 Å². The molecule has 1 aliphatic heterocycles. The Balaban J connectivity index is 0.000000845. The van der Waals surface area contributed by atoms with Gasteiger partial charge in [0.25, 0.3) is 0 Å². The van der Waals surface area contributed by atoms with Gasteiger partial charge in [-0.25, -0.2) is 0 Å². The Morgan fingerprint density at radius 3 is 2.62 bits per heavy atom. The molecule has 0 spiro atoms. The molecule has 1 atom stereocenters. The molecule has 0 aromatic carbocycles. The summed E-state index contributed by atoms with van der Waals surface area (Å²) in [5.74, 6) is 1.21. The number of ketones is 1. The lowest BCUT2D eigenvalue weighted by atomic mass is 9.68. The maximum Gasteiger partial charge on any atom is 0.136 e. The summed E-state index contributed by atoms with van der Waals surface area (Å²) >= 11 is 0. The molecule has 1 saturated carbocycles. The first kappa shape index (κ1) is 11.0. The van der Waals surface area contributed by atoms with Gasteiger partial charge >= 0.3 is 0 Å². The van der Waals surface area contributed by atoms with E-state index in [2.05, 4.69) is 12.2 Å². The number of carbonyl (C=O) groups is 1. The van der Waals surface area contributed by atoms with Crippen molar-refractivity contribution in [1.82, 2.24) is 5.32 Å². The Labute approximate surface area is 85.9 Å². The van der Waals surface area contributed by atoms with Crippen molar-refractivity contribution < 1.29 is 4.79 Å². The van der Waals surface area contributed by atoms with Gasteiger partial charge in [-0.15, -0.1) is 12.4 Å². The van der Waals surface area contributed by atoms with Gasteiger partial charge in [0.1, 0.15) is 5.78 Å². The van der Waals surface area contributed by atoms with Gasteiger partial charge in [0.2, 0.25) is 0 Å². The van der Waals surface area contributed by atoms with E-state index < -0.39 is 0 Å². The summed E-state index contributed by atoms with van der Waals surface area (Å²) in [6.07, 6.45) is 5.49. The third kappa shape index (κ3) is 2.05. The van der Waals surface area contributed by atoms with Crippen LogP contribution in [0.15, 0.2) is 0 Å². The van der Waals surface area contributed by atoms with Crippen LogP contribution in [0.2, 0.25) is 0 Å². The number of nitrogens with one attached hydrogen (secondary N) is 1. The van der Waals surface area contributed by atoms with E-state index in [1.165, 1.54) is 19.3 Å². The Morgan fingerprint density at radius 2 is 2.15 bits per heavy atom. The first-order valence-electron chi connectivity index (χ1n) is 4.97. The molecular weight excluding hydrogens is 186 g/mol. The van der Waals surface area contributed by atoms with Gasteiger partial charge in [-0.2, -0.15) is 0 Å². The van der Waals surface area contributed by atoms with Gasteiger partial charge in [-0.1, -0.05) is 6.42 Å². The highest BCUT2D eigenvalue weighted by Gasteiger charge is 2.40. The summed E-state index contributed by atoms with van der Waals surface area (Å²) in [4.78, 5) is 11.3. The van der Waals surface area contributed by atoms with Crippen molar-refractivity contribution in [3.63, 3.8) is 0 Å². The molecule has 1 N–H and O–H groups in total. The maximum absolute atomic E-state index is 11.3. The van der Waals surface area contributed by atoms with Crippen LogP contribution in [0.4, 0.5) is 0 Å². The highest BCUT2D eigenvalue weighted by Crippen LogP contribution is 2.39. The van der Waals surface area contributed by atoms with Crippen molar-refractivity contribution in [2.24, 2.45) is 5.92 Å². The van der Waals surface area contributed by atoms with Crippen molar-refractivity contribution in [3.05, 3.63) is 0 Å². The molecule has 0 amide bonds. The molecule has 2 aliphatic rings. The minimum atomic E-state index is 0. The Morgan fingerprint density at radius 1 is 1.46 bits per heavy atom. The third-order valence-electron chi connectivity index (χ3n) is 3.50. The standard InChI is InChI=1S/C10H17NO.ClH/c1-10(8-3-2-4-8)7-9(12)5-6-11-10;/h8,11H,2-7H2,1H3;1H. The third-order valence-corrected chi connectivity index (χ3v) is 3.50. The van der Waals surface area contributed by atoms with E-state index in [0.717, 1.165) is 25.3 Å². The van der Waals surface area contributed by atoms with E-state index in [4.69, 9.17) is 0 Å². The van der Waals surface area contributed by atoms with Crippen LogP contribution in [0, 0.1) is 5.92 Å². The molecule has 2 nitrogen and oxygen atoms in total. The van der Waals surface area contributed by atoms with E-state index in [1.54, 1.807) is 0 Å². The van der Waals surface area contributed by atoms with E-state index in [1.807, 2.05) is 0 Å². The lowest BCUT2D eigenvalue weighted by molar-refractivity contribution is -0.123. The summed E-state index contributed by atoms with van der Waals surface area (Å²) in [7, 11) is 0. The molecular formula is C10H18ClNO. The average Bonchev–Trinajstić information content (AvgIpc) is 1.79. The van der Waals surface area contributed by atoms with Crippen LogP contribution in [-0.4, -0.2) is 17.9 Å². The predicted molar refractivity (Wildman–Crippen MR) is 55.2 cm³/mol. The average molecular weight is 204 g/mol. The molecule has 3 heteroatoms. The topological polar surface area (TPSA) is 29.1 Å². The number of hydrogen-bond acceptors (Lipinski definition) is 2. The fourth-order valence-corrected chi connectivity index (χ4v) is 2.38. The fourth-order valence-electron chi connectivity index (χ4n) is 2.38. The molecule has 1 aliphatic carbocycles. The van der Waals surface area contributed by atoms with Gasteiger partial charge < -0.3 is 5.32 Å². The first-order valence-corrected chi connectivity index (χ1v) is 4.97. The van der Waals surface area contributed by atoms with Crippen LogP contribution in [0.5, 0.6) is 0 Å². The fraction of sp³-hybridized carbons (Fsp3) is 0.900. The summed E-state index contributed by atoms with van der Waals surface area (Å²) < 4.78 is 0. The number of piperidine rings is 1. The predicted octanol–water partition coefficient (Wildman–Crippen LogP) is 1.92. The molecule has 0 bridgehead atoms. The van der Waals surface area contributed by atoms with Gasteiger partial charge in [0.05, 0.1) is 0 Å². The lowest BCUT2D eigenvalue weighted by Gasteiger charge is -2.45. The Hall–Kier alpha value is -0.0800. The van der Waals surface area contributed by atoms with E-state index in [-0.39, 0.29) is 17.9 Å². The largest absolute Gasteiger partial charge is 0.310 e. The summed E-state index contributed by atoms with van der Waals surface area (Å²) in [5, 5.41) is 3.51. The van der Waals surface area contributed by atoms with Crippen LogP contribution >= 0.6 is 12.4 Å². The molecule has 1 unspecified atom stereocenters. The number of rotatable bonds is 1. The molecule has 0 aromatic heterocycles. The van der Waals surface area contributed by atoms with Gasteiger partial charge in [-0.3, -0.25) is 4.79 Å². The van der Waals surface area contributed by atoms with E-state index >= 15 is 0 Å². The number of hydrogen-bond donors (Lipinski definition) is 1. The van der Waals surface area contributed by atoms with Crippen molar-refractivity contribution >= 4 is 18.2 Å². The Bertz CT molecular complexity index is 203. The van der Waals surface area contributed by atoms with E-state index in [0.29, 0.717) is 5.78 Å². The number of halogens is 1. The van der Waals surface area contributed by atoms with Crippen LogP contribution in [0.25, 0.3) is 0 Å². The zero-order valence-electron chi connectivity index (χ0n) is 8.14. The van der Waals surface area contributed by atoms with Crippen molar-refractivity contribution in [1.29, 1.82) is 0 Å². The van der Waals surface area contributed by atoms with Crippen LogP contribution in [-0.2, 0) is 4.79 Å². The monoisotopic (exact) mass is 203 g/mol. The molecule has 0 radical (unpaired) electrons. The second-order valence-corrected chi connectivity index (χ2v) is 4.44. The van der Waals surface area contributed by atoms with Crippen LogP contribution in [0.3, 0.4) is 0 Å². The maximum atomic E-state index is 11.3. The lowest BCUT2D eigenvalue weighted by Crippen LogP contribution is -2.55. The highest BCUT2D eigenvalue weighted by molar-refractivity contribution is 5.85. The smallest absolute Gasteiger partial charge is 0.136 e. The summed E-state index contributed by atoms with van der Waals surface area (Å²) in [6.45, 7) is 3.11. The molecule has 13 heavy (non-hydrogen) atoms. The van der Waals surface area contributed by atoms with Gasteiger partial charge in [-0.05, 0) is 25.7 Å². The molecule has 2 rings (SSSR count). The van der Waals surface area contributed by atoms with Crippen molar-refractivity contribution in [3.8, 4) is 0 Å². The van der Waals surface area contributed by atoms with Crippen LogP contribution in [0.1, 0.15) is 39.0 Å². The van der Waals surface area contributed by atoms with Gasteiger partial charge in [0, 0.05) is 24.9 Å². The second-order valence-electron chi connectivity index (χ2n) is 4.44. The molecule has 2 fully saturated rings. The van der Waals surface area contributed by atoms with E-state index in [9.17, 15) is 4.79 Å². The minimum Gasteiger partial charge on any atom is -0.310 e. The van der Waals surface area contributed by atoms with Crippen LogP contribution < -0.4 is 5.32 Å². The minimum absolute atomic E-state index is 0. The Kier molecular flexibility index (Phi) is 3.36. The molecule has 0 aromatic rings. The zero-order valence-corrected chi connectivity index (χ0v) is 8.95. The van der Waals surface area contributed by atoms with Crippen molar-refractivity contribution in [2.75, 3.05) is 6.54 Å². The molecule has 1 heterocycles. The quantitative estimate of drug-likeness (QED) is 0.706. The summed E-state index contributed by atoms with van der Waals surface area (Å²) in [5.41, 5.74) is 0.146. The molecule has 1 saturated heterocycles. The number of carbonyl (C=O) groups excluding carboxylic acids is 1.